The highest BCUT2D eigenvalue weighted by molar-refractivity contribution is 5.36. The highest BCUT2D eigenvalue weighted by Crippen LogP contribution is 2.19. The summed E-state index contributed by atoms with van der Waals surface area (Å²) >= 11 is 0. The maximum absolute atomic E-state index is 4.51. The second-order valence-electron chi connectivity index (χ2n) is 4.95. The molecule has 0 spiro atoms. The van der Waals surface area contributed by atoms with Crippen LogP contribution < -0.4 is 5.32 Å². The molecule has 1 unspecified atom stereocenters. The van der Waals surface area contributed by atoms with Crippen molar-refractivity contribution in [3.8, 4) is 5.69 Å². The van der Waals surface area contributed by atoms with Gasteiger partial charge in [0.05, 0.1) is 11.4 Å². The van der Waals surface area contributed by atoms with Crippen LogP contribution in [-0.4, -0.2) is 16.3 Å². The minimum Gasteiger partial charge on any atom is -0.310 e. The number of nitrogens with one attached hydrogen (secondary N) is 1. The van der Waals surface area contributed by atoms with Crippen LogP contribution in [-0.2, 0) is 0 Å². The molecular formula is C16H23N3. The van der Waals surface area contributed by atoms with E-state index in [2.05, 4.69) is 61.5 Å². The lowest BCUT2D eigenvalue weighted by molar-refractivity contribution is 0.537. The third-order valence-corrected chi connectivity index (χ3v) is 3.41. The maximum atomic E-state index is 4.51. The molecular weight excluding hydrogens is 234 g/mol. The Morgan fingerprint density at radius 2 is 1.84 bits per heavy atom. The summed E-state index contributed by atoms with van der Waals surface area (Å²) in [5.74, 6) is 0. The SMILES string of the molecule is CCNC(CC)c1ccc(-n2nc(C)cc2C)cc1. The summed E-state index contributed by atoms with van der Waals surface area (Å²) < 4.78 is 1.99. The molecule has 0 radical (unpaired) electrons. The van der Waals surface area contributed by atoms with Crippen molar-refractivity contribution in [2.75, 3.05) is 6.54 Å². The molecule has 0 amide bonds. The van der Waals surface area contributed by atoms with Crippen molar-refractivity contribution < 1.29 is 0 Å². The van der Waals surface area contributed by atoms with Crippen LogP contribution in [0, 0.1) is 13.8 Å². The van der Waals surface area contributed by atoms with Gasteiger partial charge in [-0.05, 0) is 50.6 Å². The zero-order chi connectivity index (χ0) is 13.8. The highest BCUT2D eigenvalue weighted by atomic mass is 15.3. The molecule has 1 aromatic heterocycles. The van der Waals surface area contributed by atoms with Crippen LogP contribution in [0.25, 0.3) is 5.69 Å². The zero-order valence-corrected chi connectivity index (χ0v) is 12.3. The van der Waals surface area contributed by atoms with Crippen LogP contribution in [0.5, 0.6) is 0 Å². The average molecular weight is 257 g/mol. The minimum absolute atomic E-state index is 0.444. The maximum Gasteiger partial charge on any atom is 0.0648 e. The number of nitrogens with zero attached hydrogens (tertiary/aromatic N) is 2. The molecule has 1 heterocycles. The van der Waals surface area contributed by atoms with Gasteiger partial charge in [0.15, 0.2) is 0 Å². The molecule has 1 atom stereocenters. The van der Waals surface area contributed by atoms with E-state index >= 15 is 0 Å². The fraction of sp³-hybridized carbons (Fsp3) is 0.438. The summed E-state index contributed by atoms with van der Waals surface area (Å²) in [5, 5.41) is 8.01. The molecule has 0 fully saturated rings. The molecule has 1 aromatic carbocycles. The average Bonchev–Trinajstić information content (AvgIpc) is 2.75. The van der Waals surface area contributed by atoms with E-state index in [1.807, 2.05) is 11.6 Å². The Bertz CT molecular complexity index is 525. The molecule has 0 saturated heterocycles. The molecule has 0 aliphatic rings. The van der Waals surface area contributed by atoms with Crippen molar-refractivity contribution in [1.29, 1.82) is 0 Å². The Kier molecular flexibility index (Phi) is 4.38. The van der Waals surface area contributed by atoms with E-state index in [1.165, 1.54) is 11.3 Å². The van der Waals surface area contributed by atoms with Crippen molar-refractivity contribution in [3.63, 3.8) is 0 Å². The first-order valence-corrected chi connectivity index (χ1v) is 7.02. The lowest BCUT2D eigenvalue weighted by Crippen LogP contribution is -2.20. The van der Waals surface area contributed by atoms with Gasteiger partial charge in [-0.3, -0.25) is 0 Å². The van der Waals surface area contributed by atoms with Crippen LogP contribution in [0.4, 0.5) is 0 Å². The highest BCUT2D eigenvalue weighted by Gasteiger charge is 2.08. The summed E-state index contributed by atoms with van der Waals surface area (Å²) in [4.78, 5) is 0. The smallest absolute Gasteiger partial charge is 0.0648 e. The topological polar surface area (TPSA) is 29.9 Å². The molecule has 3 heteroatoms. The van der Waals surface area contributed by atoms with Crippen molar-refractivity contribution in [3.05, 3.63) is 47.3 Å². The predicted molar refractivity (Wildman–Crippen MR) is 79.7 cm³/mol. The molecule has 0 aliphatic heterocycles. The van der Waals surface area contributed by atoms with Gasteiger partial charge in [-0.15, -0.1) is 0 Å². The van der Waals surface area contributed by atoms with Crippen LogP contribution in [0.2, 0.25) is 0 Å². The molecule has 1 N–H and O–H groups in total. The van der Waals surface area contributed by atoms with Gasteiger partial charge in [0, 0.05) is 11.7 Å². The summed E-state index contributed by atoms with van der Waals surface area (Å²) in [6, 6.07) is 11.2. The second-order valence-corrected chi connectivity index (χ2v) is 4.95. The Labute approximate surface area is 115 Å². The van der Waals surface area contributed by atoms with Gasteiger partial charge in [-0.25, -0.2) is 4.68 Å². The van der Waals surface area contributed by atoms with E-state index in [0.717, 1.165) is 24.3 Å². The van der Waals surface area contributed by atoms with Crippen LogP contribution in [0.1, 0.15) is 43.3 Å². The van der Waals surface area contributed by atoms with Gasteiger partial charge in [-0.2, -0.15) is 5.10 Å². The first-order valence-electron chi connectivity index (χ1n) is 7.02. The first kappa shape index (κ1) is 13.8. The summed E-state index contributed by atoms with van der Waals surface area (Å²) in [7, 11) is 0. The quantitative estimate of drug-likeness (QED) is 0.887. The Hall–Kier alpha value is -1.61. The van der Waals surface area contributed by atoms with Gasteiger partial charge >= 0.3 is 0 Å². The number of aromatic nitrogens is 2. The molecule has 0 bridgehead atoms. The molecule has 2 rings (SSSR count). The molecule has 3 nitrogen and oxygen atoms in total. The van der Waals surface area contributed by atoms with E-state index in [4.69, 9.17) is 0 Å². The predicted octanol–water partition coefficient (Wildman–Crippen LogP) is 3.55. The number of rotatable bonds is 5. The van der Waals surface area contributed by atoms with Crippen molar-refractivity contribution in [1.82, 2.24) is 15.1 Å². The first-order chi connectivity index (χ1) is 9.15. The fourth-order valence-corrected chi connectivity index (χ4v) is 2.48. The Morgan fingerprint density at radius 3 is 2.32 bits per heavy atom. The largest absolute Gasteiger partial charge is 0.310 e. The van der Waals surface area contributed by atoms with E-state index in [0.29, 0.717) is 6.04 Å². The van der Waals surface area contributed by atoms with Gasteiger partial charge in [0.25, 0.3) is 0 Å². The summed E-state index contributed by atoms with van der Waals surface area (Å²) in [6.07, 6.45) is 1.10. The monoisotopic (exact) mass is 257 g/mol. The van der Waals surface area contributed by atoms with Gasteiger partial charge in [-0.1, -0.05) is 26.0 Å². The zero-order valence-electron chi connectivity index (χ0n) is 12.3. The van der Waals surface area contributed by atoms with Crippen LogP contribution >= 0.6 is 0 Å². The number of benzene rings is 1. The van der Waals surface area contributed by atoms with E-state index in [1.54, 1.807) is 0 Å². The standard InChI is InChI=1S/C16H23N3/c1-5-16(17-6-2)14-7-9-15(10-8-14)19-13(4)11-12(3)18-19/h7-11,16-17H,5-6H2,1-4H3. The normalized spacial score (nSPS) is 12.6. The van der Waals surface area contributed by atoms with Crippen molar-refractivity contribution in [2.24, 2.45) is 0 Å². The van der Waals surface area contributed by atoms with Gasteiger partial charge in [0.1, 0.15) is 0 Å². The lowest BCUT2D eigenvalue weighted by Gasteiger charge is -2.16. The summed E-state index contributed by atoms with van der Waals surface area (Å²) in [5.41, 5.74) is 4.69. The van der Waals surface area contributed by atoms with E-state index in [-0.39, 0.29) is 0 Å². The van der Waals surface area contributed by atoms with Gasteiger partial charge in [0.2, 0.25) is 0 Å². The third-order valence-electron chi connectivity index (χ3n) is 3.41. The third kappa shape index (κ3) is 3.04. The lowest BCUT2D eigenvalue weighted by atomic mass is 10.0. The Morgan fingerprint density at radius 1 is 1.16 bits per heavy atom. The fourth-order valence-electron chi connectivity index (χ4n) is 2.48. The van der Waals surface area contributed by atoms with Crippen molar-refractivity contribution in [2.45, 2.75) is 40.2 Å². The van der Waals surface area contributed by atoms with E-state index in [9.17, 15) is 0 Å². The molecule has 0 aliphatic carbocycles. The minimum atomic E-state index is 0.444. The Balaban J connectivity index is 2.25. The second kappa shape index (κ2) is 6.02. The van der Waals surface area contributed by atoms with E-state index < -0.39 is 0 Å². The number of hydrogen-bond acceptors (Lipinski definition) is 2. The molecule has 0 saturated carbocycles. The molecule has 19 heavy (non-hydrogen) atoms. The van der Waals surface area contributed by atoms with Crippen LogP contribution in [0.15, 0.2) is 30.3 Å². The molecule has 102 valence electrons. The summed E-state index contributed by atoms with van der Waals surface area (Å²) in [6.45, 7) is 9.46. The molecule has 2 aromatic rings. The number of hydrogen-bond donors (Lipinski definition) is 1. The van der Waals surface area contributed by atoms with Gasteiger partial charge < -0.3 is 5.32 Å². The number of aryl methyl sites for hydroxylation is 2. The van der Waals surface area contributed by atoms with Crippen LogP contribution in [0.3, 0.4) is 0 Å². The van der Waals surface area contributed by atoms with Crippen molar-refractivity contribution >= 4 is 0 Å².